The van der Waals surface area contributed by atoms with Gasteiger partial charge in [0.2, 0.25) is 0 Å². The highest BCUT2D eigenvalue weighted by molar-refractivity contribution is 6.07. The number of aryl methyl sites for hydroxylation is 2. The predicted molar refractivity (Wildman–Crippen MR) is 124 cm³/mol. The zero-order valence-corrected chi connectivity index (χ0v) is 17.8. The molecule has 4 aromatic rings. The highest BCUT2D eigenvalue weighted by atomic mass is 16.5. The fraction of sp³-hybridized carbons (Fsp3) is 0.154. The predicted octanol–water partition coefficient (Wildman–Crippen LogP) is 5.00. The SMILES string of the molecule is COc1ccccc1N(Cc1cc2cccc(C)c2[nH]c1=O)C(=O)c1cccc(C)c1. The fourth-order valence-corrected chi connectivity index (χ4v) is 3.77. The Morgan fingerprint density at radius 1 is 0.968 bits per heavy atom. The number of nitrogens with zero attached hydrogens (tertiary/aromatic N) is 1. The highest BCUT2D eigenvalue weighted by Crippen LogP contribution is 2.30. The number of amides is 1. The maximum Gasteiger partial charge on any atom is 0.258 e. The molecule has 31 heavy (non-hydrogen) atoms. The van der Waals surface area contributed by atoms with E-state index in [1.165, 1.54) is 0 Å². The minimum atomic E-state index is -0.209. The monoisotopic (exact) mass is 412 g/mol. The molecule has 156 valence electrons. The Labute approximate surface area is 180 Å². The highest BCUT2D eigenvalue weighted by Gasteiger charge is 2.22. The molecule has 0 atom stereocenters. The molecule has 0 aliphatic carbocycles. The zero-order chi connectivity index (χ0) is 22.0. The largest absolute Gasteiger partial charge is 0.495 e. The number of carbonyl (C=O) groups is 1. The summed E-state index contributed by atoms with van der Waals surface area (Å²) in [7, 11) is 1.57. The molecule has 0 saturated carbocycles. The number of H-pyrrole nitrogens is 1. The standard InChI is InChI=1S/C26H24N2O3/c1-17-8-6-11-20(14-17)26(30)28(22-12-4-5-13-23(22)31-3)16-21-15-19-10-7-9-18(2)24(19)27-25(21)29/h4-15H,16H2,1-3H3,(H,27,29). The van der Waals surface area contributed by atoms with Crippen LogP contribution in [-0.4, -0.2) is 18.0 Å². The molecule has 1 N–H and O–H groups in total. The summed E-state index contributed by atoms with van der Waals surface area (Å²) in [6, 6.07) is 22.5. The van der Waals surface area contributed by atoms with Crippen LogP contribution in [0.3, 0.4) is 0 Å². The van der Waals surface area contributed by atoms with Crippen LogP contribution < -0.4 is 15.2 Å². The number of ether oxygens (including phenoxy) is 1. The van der Waals surface area contributed by atoms with Crippen molar-refractivity contribution < 1.29 is 9.53 Å². The van der Waals surface area contributed by atoms with Gasteiger partial charge in [0, 0.05) is 11.1 Å². The van der Waals surface area contributed by atoms with Crippen LogP contribution >= 0.6 is 0 Å². The van der Waals surface area contributed by atoms with E-state index in [1.807, 2.05) is 74.5 Å². The van der Waals surface area contributed by atoms with Crippen molar-refractivity contribution in [1.29, 1.82) is 0 Å². The molecule has 5 nitrogen and oxygen atoms in total. The van der Waals surface area contributed by atoms with Gasteiger partial charge in [0.15, 0.2) is 0 Å². The molecule has 0 bridgehead atoms. The second-order valence-corrected chi connectivity index (χ2v) is 7.60. The van der Waals surface area contributed by atoms with Crippen LogP contribution in [0.5, 0.6) is 5.75 Å². The molecular weight excluding hydrogens is 388 g/mol. The molecular formula is C26H24N2O3. The molecule has 5 heteroatoms. The number of rotatable bonds is 5. The number of benzene rings is 3. The maximum absolute atomic E-state index is 13.6. The second kappa shape index (κ2) is 8.48. The van der Waals surface area contributed by atoms with Gasteiger partial charge in [-0.25, -0.2) is 0 Å². The van der Waals surface area contributed by atoms with E-state index in [9.17, 15) is 9.59 Å². The molecule has 0 fully saturated rings. The summed E-state index contributed by atoms with van der Waals surface area (Å²) in [5.74, 6) is 0.369. The van der Waals surface area contributed by atoms with Gasteiger partial charge in [-0.05, 0) is 55.1 Å². The van der Waals surface area contributed by atoms with E-state index in [2.05, 4.69) is 4.98 Å². The van der Waals surface area contributed by atoms with E-state index in [0.717, 1.165) is 22.0 Å². The number of methoxy groups -OCH3 is 1. The quantitative estimate of drug-likeness (QED) is 0.502. The van der Waals surface area contributed by atoms with Gasteiger partial charge in [0.1, 0.15) is 5.75 Å². The third-order valence-corrected chi connectivity index (χ3v) is 5.38. The number of aromatic nitrogens is 1. The van der Waals surface area contributed by atoms with Gasteiger partial charge < -0.3 is 14.6 Å². The molecule has 0 aliphatic rings. The molecule has 0 aliphatic heterocycles. The first kappa shape index (κ1) is 20.4. The summed E-state index contributed by atoms with van der Waals surface area (Å²) >= 11 is 0. The van der Waals surface area contributed by atoms with Gasteiger partial charge >= 0.3 is 0 Å². The third kappa shape index (κ3) is 4.08. The van der Waals surface area contributed by atoms with Gasteiger partial charge in [-0.2, -0.15) is 0 Å². The van der Waals surface area contributed by atoms with Crippen molar-refractivity contribution in [2.45, 2.75) is 20.4 Å². The first-order chi connectivity index (χ1) is 15.0. The van der Waals surface area contributed by atoms with Gasteiger partial charge in [0.25, 0.3) is 11.5 Å². The summed E-state index contributed by atoms with van der Waals surface area (Å²) in [6.45, 7) is 4.02. The van der Waals surface area contributed by atoms with E-state index in [1.54, 1.807) is 24.1 Å². The minimum Gasteiger partial charge on any atom is -0.495 e. The zero-order valence-electron chi connectivity index (χ0n) is 17.8. The Kier molecular flexibility index (Phi) is 5.58. The topological polar surface area (TPSA) is 62.4 Å². The van der Waals surface area contributed by atoms with Crippen molar-refractivity contribution >= 4 is 22.5 Å². The van der Waals surface area contributed by atoms with E-state index in [4.69, 9.17) is 4.74 Å². The summed E-state index contributed by atoms with van der Waals surface area (Å²) in [5.41, 5.74) is 4.26. The normalized spacial score (nSPS) is 10.8. The molecule has 1 amide bonds. The van der Waals surface area contributed by atoms with Gasteiger partial charge in [-0.15, -0.1) is 0 Å². The van der Waals surface area contributed by atoms with Crippen LogP contribution in [-0.2, 0) is 6.54 Å². The Balaban J connectivity index is 1.83. The molecule has 4 rings (SSSR count). The second-order valence-electron chi connectivity index (χ2n) is 7.60. The third-order valence-electron chi connectivity index (χ3n) is 5.38. The number of hydrogen-bond acceptors (Lipinski definition) is 3. The lowest BCUT2D eigenvalue weighted by molar-refractivity contribution is 0.0984. The fourth-order valence-electron chi connectivity index (χ4n) is 3.77. The molecule has 3 aromatic carbocycles. The number of fused-ring (bicyclic) bond motifs is 1. The maximum atomic E-state index is 13.6. The smallest absolute Gasteiger partial charge is 0.258 e. The lowest BCUT2D eigenvalue weighted by atomic mass is 10.1. The molecule has 0 unspecified atom stereocenters. The van der Waals surface area contributed by atoms with Gasteiger partial charge in [-0.1, -0.05) is 48.0 Å². The number of anilines is 1. The van der Waals surface area contributed by atoms with Crippen LogP contribution in [0.4, 0.5) is 5.69 Å². The summed E-state index contributed by atoms with van der Waals surface area (Å²) in [6.07, 6.45) is 0. The molecule has 0 saturated heterocycles. The van der Waals surface area contributed by atoms with Crippen LogP contribution in [0.15, 0.2) is 77.6 Å². The first-order valence-electron chi connectivity index (χ1n) is 10.1. The van der Waals surface area contributed by atoms with Crippen molar-refractivity contribution in [3.8, 4) is 5.75 Å². The minimum absolute atomic E-state index is 0.117. The van der Waals surface area contributed by atoms with Crippen LogP contribution in [0.2, 0.25) is 0 Å². The average molecular weight is 412 g/mol. The molecule has 0 spiro atoms. The molecule has 1 heterocycles. The first-order valence-corrected chi connectivity index (χ1v) is 10.1. The Morgan fingerprint density at radius 2 is 1.74 bits per heavy atom. The van der Waals surface area contributed by atoms with E-state index >= 15 is 0 Å². The summed E-state index contributed by atoms with van der Waals surface area (Å²) in [5, 5.41) is 0.928. The Bertz CT molecular complexity index is 1320. The Morgan fingerprint density at radius 3 is 2.52 bits per heavy atom. The van der Waals surface area contributed by atoms with Crippen molar-refractivity contribution in [2.24, 2.45) is 0 Å². The van der Waals surface area contributed by atoms with Crippen LogP contribution in [0.25, 0.3) is 10.9 Å². The number of pyridine rings is 1. The van der Waals surface area contributed by atoms with Gasteiger partial charge in [0.05, 0.1) is 24.9 Å². The van der Waals surface area contributed by atoms with Gasteiger partial charge in [-0.3, -0.25) is 9.59 Å². The van der Waals surface area contributed by atoms with Crippen molar-refractivity contribution in [3.63, 3.8) is 0 Å². The number of nitrogens with one attached hydrogen (secondary N) is 1. The van der Waals surface area contributed by atoms with Crippen molar-refractivity contribution in [2.75, 3.05) is 12.0 Å². The molecule has 0 radical (unpaired) electrons. The number of aromatic amines is 1. The number of para-hydroxylation sites is 3. The lowest BCUT2D eigenvalue weighted by Gasteiger charge is -2.25. The van der Waals surface area contributed by atoms with E-state index < -0.39 is 0 Å². The van der Waals surface area contributed by atoms with Crippen molar-refractivity contribution in [3.05, 3.63) is 105 Å². The van der Waals surface area contributed by atoms with E-state index in [-0.39, 0.29) is 18.0 Å². The van der Waals surface area contributed by atoms with E-state index in [0.29, 0.717) is 22.6 Å². The van der Waals surface area contributed by atoms with Crippen molar-refractivity contribution in [1.82, 2.24) is 4.98 Å². The van der Waals surface area contributed by atoms with Crippen LogP contribution in [0, 0.1) is 13.8 Å². The summed E-state index contributed by atoms with van der Waals surface area (Å²) < 4.78 is 5.51. The lowest BCUT2D eigenvalue weighted by Crippen LogP contribution is -2.33. The van der Waals surface area contributed by atoms with Crippen LogP contribution in [0.1, 0.15) is 27.0 Å². The summed E-state index contributed by atoms with van der Waals surface area (Å²) in [4.78, 5) is 31.0. The molecule has 1 aromatic heterocycles. The number of hydrogen-bond donors (Lipinski definition) is 1. The Hall–Kier alpha value is -3.86. The average Bonchev–Trinajstić information content (AvgIpc) is 2.78. The number of carbonyl (C=O) groups excluding carboxylic acids is 1.